The van der Waals surface area contributed by atoms with Crippen LogP contribution in [0.25, 0.3) is 0 Å². The number of aromatic nitrogens is 1. The van der Waals surface area contributed by atoms with Gasteiger partial charge in [0.2, 0.25) is 5.91 Å². The Balaban J connectivity index is 2.22. The molecule has 0 aliphatic carbocycles. The molecule has 22 heavy (non-hydrogen) atoms. The van der Waals surface area contributed by atoms with E-state index < -0.39 is 11.9 Å². The molecule has 2 heterocycles. The number of carbonyl (C=O) groups excluding carboxylic acids is 1. The van der Waals surface area contributed by atoms with Crippen LogP contribution in [0.2, 0.25) is 0 Å². The molecule has 1 aliphatic rings. The number of aliphatic carboxylic acids is 1. The van der Waals surface area contributed by atoms with Gasteiger partial charge in [-0.25, -0.2) is 0 Å². The zero-order valence-electron chi connectivity index (χ0n) is 13.2. The molecule has 7 nitrogen and oxygen atoms in total. The van der Waals surface area contributed by atoms with Gasteiger partial charge in [0.25, 0.3) is 0 Å². The molecule has 2 rings (SSSR count). The number of nitrogens with zero attached hydrogens (tertiary/aromatic N) is 2. The quantitative estimate of drug-likeness (QED) is 0.885. The number of carbonyl (C=O) groups is 2. The number of aryl methyl sites for hydroxylation is 2. The van der Waals surface area contributed by atoms with Gasteiger partial charge in [0.05, 0.1) is 11.6 Å². The van der Waals surface area contributed by atoms with Gasteiger partial charge in [0.1, 0.15) is 12.3 Å². The average molecular weight is 310 g/mol. The normalized spacial score (nSPS) is 17.2. The predicted octanol–water partition coefficient (Wildman–Crippen LogP) is 1.49. The first-order valence-corrected chi connectivity index (χ1v) is 7.44. The lowest BCUT2D eigenvalue weighted by Crippen LogP contribution is -2.47. The van der Waals surface area contributed by atoms with Crippen LogP contribution in [0.4, 0.5) is 0 Å². The molecule has 0 spiro atoms. The summed E-state index contributed by atoms with van der Waals surface area (Å²) in [6.45, 7) is 6.11. The summed E-state index contributed by atoms with van der Waals surface area (Å²) in [5, 5.41) is 13.0. The molecule has 1 fully saturated rings. The van der Waals surface area contributed by atoms with Gasteiger partial charge in [0, 0.05) is 24.8 Å². The van der Waals surface area contributed by atoms with Crippen molar-refractivity contribution in [1.29, 1.82) is 0 Å². The van der Waals surface area contributed by atoms with Crippen molar-refractivity contribution >= 4 is 11.9 Å². The Hall–Kier alpha value is -1.89. The van der Waals surface area contributed by atoms with E-state index in [4.69, 9.17) is 14.4 Å². The largest absolute Gasteiger partial charge is 0.480 e. The Morgan fingerprint density at radius 1 is 1.36 bits per heavy atom. The van der Waals surface area contributed by atoms with E-state index in [-0.39, 0.29) is 18.5 Å². The standard InChI is InChI=1S/C15H22N2O5/c1-9(14-10(2)16-22-11(14)3)15(20)17(8-13(18)19)12-4-6-21-7-5-12/h9,12H,4-8H2,1-3H3,(H,18,19)/t9-/m0/s1. The fourth-order valence-corrected chi connectivity index (χ4v) is 3.01. The second-order valence-corrected chi connectivity index (χ2v) is 5.66. The van der Waals surface area contributed by atoms with Gasteiger partial charge < -0.3 is 19.3 Å². The van der Waals surface area contributed by atoms with Gasteiger partial charge >= 0.3 is 5.97 Å². The summed E-state index contributed by atoms with van der Waals surface area (Å²) < 4.78 is 10.4. The highest BCUT2D eigenvalue weighted by Crippen LogP contribution is 2.27. The predicted molar refractivity (Wildman–Crippen MR) is 77.6 cm³/mol. The van der Waals surface area contributed by atoms with Crippen molar-refractivity contribution < 1.29 is 24.0 Å². The van der Waals surface area contributed by atoms with Gasteiger partial charge in [-0.05, 0) is 33.6 Å². The minimum atomic E-state index is -1.01. The molecule has 1 amide bonds. The smallest absolute Gasteiger partial charge is 0.323 e. The van der Waals surface area contributed by atoms with Crippen LogP contribution >= 0.6 is 0 Å². The fraction of sp³-hybridized carbons (Fsp3) is 0.667. The van der Waals surface area contributed by atoms with Crippen LogP contribution in [0.15, 0.2) is 4.52 Å². The number of ether oxygens (including phenoxy) is 1. The molecular formula is C15H22N2O5. The summed E-state index contributed by atoms with van der Waals surface area (Å²) >= 11 is 0. The molecule has 122 valence electrons. The Labute approximate surface area is 129 Å². The fourth-order valence-electron chi connectivity index (χ4n) is 3.01. The first-order chi connectivity index (χ1) is 10.4. The molecule has 1 saturated heterocycles. The van der Waals surface area contributed by atoms with Gasteiger partial charge in [0.15, 0.2) is 0 Å². The maximum absolute atomic E-state index is 12.8. The number of hydrogen-bond donors (Lipinski definition) is 1. The maximum atomic E-state index is 12.8. The summed E-state index contributed by atoms with van der Waals surface area (Å²) in [5.41, 5.74) is 1.41. The molecule has 0 bridgehead atoms. The second-order valence-electron chi connectivity index (χ2n) is 5.66. The Morgan fingerprint density at radius 2 is 2.00 bits per heavy atom. The van der Waals surface area contributed by atoms with Crippen molar-refractivity contribution in [1.82, 2.24) is 10.1 Å². The van der Waals surface area contributed by atoms with Crippen molar-refractivity contribution in [3.05, 3.63) is 17.0 Å². The molecular weight excluding hydrogens is 288 g/mol. The Kier molecular flexibility index (Phi) is 5.18. The van der Waals surface area contributed by atoms with Gasteiger partial charge in [-0.15, -0.1) is 0 Å². The molecule has 7 heteroatoms. The third-order valence-electron chi connectivity index (χ3n) is 4.11. The first kappa shape index (κ1) is 16.5. The van der Waals surface area contributed by atoms with Gasteiger partial charge in [-0.1, -0.05) is 5.16 Å². The zero-order chi connectivity index (χ0) is 16.3. The van der Waals surface area contributed by atoms with E-state index in [1.165, 1.54) is 4.90 Å². The lowest BCUT2D eigenvalue weighted by atomic mass is 9.96. The van der Waals surface area contributed by atoms with Crippen LogP contribution in [0.5, 0.6) is 0 Å². The molecule has 0 unspecified atom stereocenters. The van der Waals surface area contributed by atoms with E-state index in [2.05, 4.69) is 5.16 Å². The summed E-state index contributed by atoms with van der Waals surface area (Å²) in [6, 6.07) is -0.0970. The highest BCUT2D eigenvalue weighted by Gasteiger charge is 2.33. The van der Waals surface area contributed by atoms with Gasteiger partial charge in [-0.3, -0.25) is 9.59 Å². The highest BCUT2D eigenvalue weighted by molar-refractivity contribution is 5.87. The van der Waals surface area contributed by atoms with Crippen molar-refractivity contribution in [3.8, 4) is 0 Å². The average Bonchev–Trinajstić information content (AvgIpc) is 2.83. The van der Waals surface area contributed by atoms with Crippen LogP contribution in [-0.4, -0.2) is 52.8 Å². The van der Waals surface area contributed by atoms with Crippen LogP contribution < -0.4 is 0 Å². The summed E-state index contributed by atoms with van der Waals surface area (Å²) in [4.78, 5) is 25.4. The molecule has 0 radical (unpaired) electrons. The molecule has 0 aromatic carbocycles. The topological polar surface area (TPSA) is 92.9 Å². The number of amides is 1. The molecule has 1 aromatic heterocycles. The number of carboxylic acid groups (broad SMARTS) is 1. The molecule has 1 aliphatic heterocycles. The van der Waals surface area contributed by atoms with Crippen LogP contribution in [0.3, 0.4) is 0 Å². The van der Waals surface area contributed by atoms with E-state index in [0.29, 0.717) is 37.5 Å². The number of carboxylic acids is 1. The minimum Gasteiger partial charge on any atom is -0.480 e. The lowest BCUT2D eigenvalue weighted by molar-refractivity contribution is -0.148. The van der Waals surface area contributed by atoms with E-state index in [9.17, 15) is 9.59 Å². The van der Waals surface area contributed by atoms with Gasteiger partial charge in [-0.2, -0.15) is 0 Å². The van der Waals surface area contributed by atoms with Crippen molar-refractivity contribution in [2.45, 2.75) is 45.6 Å². The summed E-state index contributed by atoms with van der Waals surface area (Å²) in [6.07, 6.45) is 1.32. The maximum Gasteiger partial charge on any atom is 0.323 e. The lowest BCUT2D eigenvalue weighted by Gasteiger charge is -2.34. The van der Waals surface area contributed by atoms with Crippen molar-refractivity contribution in [2.75, 3.05) is 19.8 Å². The van der Waals surface area contributed by atoms with E-state index in [0.717, 1.165) is 5.56 Å². The van der Waals surface area contributed by atoms with Crippen LogP contribution in [-0.2, 0) is 14.3 Å². The number of hydrogen-bond acceptors (Lipinski definition) is 5. The van der Waals surface area contributed by atoms with Crippen molar-refractivity contribution in [3.63, 3.8) is 0 Å². The number of rotatable bonds is 5. The monoisotopic (exact) mass is 310 g/mol. The summed E-state index contributed by atoms with van der Waals surface area (Å²) in [5.74, 6) is -1.09. The molecule has 1 aromatic rings. The van der Waals surface area contributed by atoms with Crippen molar-refractivity contribution in [2.24, 2.45) is 0 Å². The SMILES string of the molecule is Cc1noc(C)c1[C@H](C)C(=O)N(CC(=O)O)C1CCOCC1. The Bertz CT molecular complexity index is 529. The van der Waals surface area contributed by atoms with E-state index >= 15 is 0 Å². The molecule has 1 atom stereocenters. The minimum absolute atomic E-state index is 0.0970. The summed E-state index contributed by atoms with van der Waals surface area (Å²) in [7, 11) is 0. The van der Waals surface area contributed by atoms with Crippen LogP contribution in [0.1, 0.15) is 42.7 Å². The first-order valence-electron chi connectivity index (χ1n) is 7.44. The third kappa shape index (κ3) is 3.47. The molecule has 0 saturated carbocycles. The van der Waals surface area contributed by atoms with E-state index in [1.807, 2.05) is 0 Å². The Morgan fingerprint density at radius 3 is 2.50 bits per heavy atom. The zero-order valence-corrected chi connectivity index (χ0v) is 13.2. The molecule has 1 N–H and O–H groups in total. The second kappa shape index (κ2) is 6.91. The van der Waals surface area contributed by atoms with E-state index in [1.54, 1.807) is 20.8 Å². The van der Waals surface area contributed by atoms with Crippen LogP contribution in [0, 0.1) is 13.8 Å². The highest BCUT2D eigenvalue weighted by atomic mass is 16.5. The third-order valence-corrected chi connectivity index (χ3v) is 4.11.